The third-order valence-corrected chi connectivity index (χ3v) is 3.88. The van der Waals surface area contributed by atoms with Crippen LogP contribution < -0.4 is 5.32 Å². The van der Waals surface area contributed by atoms with Gasteiger partial charge in [0.05, 0.1) is 5.75 Å². The van der Waals surface area contributed by atoms with Gasteiger partial charge in [0, 0.05) is 4.90 Å². The zero-order chi connectivity index (χ0) is 15.0. The highest BCUT2D eigenvalue weighted by Gasteiger charge is 2.18. The Labute approximate surface area is 124 Å². The van der Waals surface area contributed by atoms with Crippen molar-refractivity contribution in [3.63, 3.8) is 0 Å². The molecule has 0 fully saturated rings. The van der Waals surface area contributed by atoms with E-state index in [1.54, 1.807) is 0 Å². The number of nitrogens with one attached hydrogen (secondary N) is 1. The Morgan fingerprint density at radius 3 is 2.50 bits per heavy atom. The molecule has 0 radical (unpaired) electrons. The van der Waals surface area contributed by atoms with Crippen molar-refractivity contribution in [3.05, 3.63) is 29.8 Å². The molecule has 0 saturated heterocycles. The molecule has 1 aromatic carbocycles. The fourth-order valence-electron chi connectivity index (χ4n) is 1.69. The zero-order valence-corrected chi connectivity index (χ0v) is 12.7. The Morgan fingerprint density at radius 1 is 1.30 bits per heavy atom. The van der Waals surface area contributed by atoms with Gasteiger partial charge in [0.15, 0.2) is 0 Å². The fraction of sp³-hybridized carbons (Fsp3) is 0.467. The van der Waals surface area contributed by atoms with Crippen molar-refractivity contribution in [2.45, 2.75) is 44.0 Å². The van der Waals surface area contributed by atoms with Gasteiger partial charge in [-0.05, 0) is 25.5 Å². The Bertz CT molecular complexity index is 445. The lowest BCUT2D eigenvalue weighted by molar-refractivity contribution is -0.141. The van der Waals surface area contributed by atoms with Crippen molar-refractivity contribution in [3.8, 4) is 0 Å². The maximum atomic E-state index is 11.8. The number of carboxylic acid groups (broad SMARTS) is 1. The Kier molecular flexibility index (Phi) is 7.15. The number of aliphatic carboxylic acids is 1. The average molecular weight is 295 g/mol. The zero-order valence-electron chi connectivity index (χ0n) is 11.9. The summed E-state index contributed by atoms with van der Waals surface area (Å²) in [6.45, 7) is 4.00. The number of carbonyl (C=O) groups excluding carboxylic acids is 1. The molecule has 0 aliphatic heterocycles. The van der Waals surface area contributed by atoms with Gasteiger partial charge in [0.1, 0.15) is 6.04 Å². The molecule has 110 valence electrons. The van der Waals surface area contributed by atoms with E-state index in [-0.39, 0.29) is 11.7 Å². The van der Waals surface area contributed by atoms with Crippen molar-refractivity contribution >= 4 is 23.6 Å². The first-order valence-electron chi connectivity index (χ1n) is 6.74. The van der Waals surface area contributed by atoms with Crippen LogP contribution in [0.15, 0.2) is 29.2 Å². The molecule has 1 atom stereocenters. The topological polar surface area (TPSA) is 66.4 Å². The number of thioether (sulfide) groups is 1. The maximum Gasteiger partial charge on any atom is 0.326 e. The quantitative estimate of drug-likeness (QED) is 0.724. The van der Waals surface area contributed by atoms with Crippen LogP contribution in [0, 0.1) is 6.92 Å². The molecule has 20 heavy (non-hydrogen) atoms. The summed E-state index contributed by atoms with van der Waals surface area (Å²) >= 11 is 1.41. The van der Waals surface area contributed by atoms with Crippen LogP contribution in [-0.4, -0.2) is 28.8 Å². The van der Waals surface area contributed by atoms with Crippen LogP contribution in [0.4, 0.5) is 0 Å². The lowest BCUT2D eigenvalue weighted by Gasteiger charge is -2.13. The van der Waals surface area contributed by atoms with Gasteiger partial charge in [-0.25, -0.2) is 4.79 Å². The second-order valence-corrected chi connectivity index (χ2v) is 5.75. The molecule has 0 spiro atoms. The lowest BCUT2D eigenvalue weighted by Crippen LogP contribution is -2.41. The summed E-state index contributed by atoms with van der Waals surface area (Å²) in [6.07, 6.45) is 2.19. The SMILES string of the molecule is CCCCC(NC(=O)CSc1ccc(C)cc1)C(=O)O. The molecular weight excluding hydrogens is 274 g/mol. The molecule has 4 nitrogen and oxygen atoms in total. The highest BCUT2D eigenvalue weighted by atomic mass is 32.2. The van der Waals surface area contributed by atoms with Crippen molar-refractivity contribution in [1.29, 1.82) is 0 Å². The Balaban J connectivity index is 2.41. The number of benzene rings is 1. The highest BCUT2D eigenvalue weighted by Crippen LogP contribution is 2.17. The molecule has 1 aromatic rings. The molecular formula is C15H21NO3S. The molecule has 5 heteroatoms. The molecule has 0 saturated carbocycles. The second kappa shape index (κ2) is 8.64. The van der Waals surface area contributed by atoms with Crippen LogP contribution in [0.1, 0.15) is 31.7 Å². The van der Waals surface area contributed by atoms with E-state index in [2.05, 4.69) is 5.32 Å². The summed E-state index contributed by atoms with van der Waals surface area (Å²) in [6, 6.07) is 7.11. The normalized spacial score (nSPS) is 11.9. The Hall–Kier alpha value is -1.49. The molecule has 0 heterocycles. The first-order chi connectivity index (χ1) is 9.52. The van der Waals surface area contributed by atoms with E-state index >= 15 is 0 Å². The van der Waals surface area contributed by atoms with Crippen LogP contribution in [0.3, 0.4) is 0 Å². The smallest absolute Gasteiger partial charge is 0.326 e. The highest BCUT2D eigenvalue weighted by molar-refractivity contribution is 8.00. The third kappa shape index (κ3) is 6.10. The number of hydrogen-bond donors (Lipinski definition) is 2. The number of rotatable bonds is 8. The van der Waals surface area contributed by atoms with E-state index in [0.29, 0.717) is 6.42 Å². The van der Waals surface area contributed by atoms with Gasteiger partial charge < -0.3 is 10.4 Å². The van der Waals surface area contributed by atoms with Gasteiger partial charge in [-0.1, -0.05) is 37.5 Å². The van der Waals surface area contributed by atoms with E-state index < -0.39 is 12.0 Å². The summed E-state index contributed by atoms with van der Waals surface area (Å²) in [5.74, 6) is -0.967. The van der Waals surface area contributed by atoms with E-state index in [4.69, 9.17) is 5.11 Å². The second-order valence-electron chi connectivity index (χ2n) is 4.70. The number of hydrogen-bond acceptors (Lipinski definition) is 3. The van der Waals surface area contributed by atoms with Crippen LogP contribution in [-0.2, 0) is 9.59 Å². The molecule has 1 unspecified atom stereocenters. The van der Waals surface area contributed by atoms with Gasteiger partial charge in [-0.2, -0.15) is 0 Å². The van der Waals surface area contributed by atoms with Crippen molar-refractivity contribution in [1.82, 2.24) is 5.32 Å². The minimum Gasteiger partial charge on any atom is -0.480 e. The van der Waals surface area contributed by atoms with Crippen LogP contribution in [0.2, 0.25) is 0 Å². The van der Waals surface area contributed by atoms with Crippen LogP contribution in [0.5, 0.6) is 0 Å². The largest absolute Gasteiger partial charge is 0.480 e. The standard InChI is InChI=1S/C15H21NO3S/c1-3-4-5-13(15(18)19)16-14(17)10-20-12-8-6-11(2)7-9-12/h6-9,13H,3-5,10H2,1-2H3,(H,16,17)(H,18,19). The summed E-state index contributed by atoms with van der Waals surface area (Å²) in [5.41, 5.74) is 1.17. The van der Waals surface area contributed by atoms with E-state index in [1.807, 2.05) is 38.1 Å². The minimum absolute atomic E-state index is 0.235. The lowest BCUT2D eigenvalue weighted by atomic mass is 10.1. The monoisotopic (exact) mass is 295 g/mol. The molecule has 1 rings (SSSR count). The van der Waals surface area contributed by atoms with Crippen molar-refractivity contribution in [2.75, 3.05) is 5.75 Å². The van der Waals surface area contributed by atoms with Gasteiger partial charge >= 0.3 is 5.97 Å². The number of carbonyl (C=O) groups is 2. The van der Waals surface area contributed by atoms with Gasteiger partial charge in [-0.15, -0.1) is 11.8 Å². The third-order valence-electron chi connectivity index (χ3n) is 2.87. The summed E-state index contributed by atoms with van der Waals surface area (Å²) in [7, 11) is 0. The predicted molar refractivity (Wildman–Crippen MR) is 81.0 cm³/mol. The minimum atomic E-state index is -0.966. The fourth-order valence-corrected chi connectivity index (χ4v) is 2.39. The van der Waals surface area contributed by atoms with Gasteiger partial charge in [0.25, 0.3) is 0 Å². The molecule has 0 bridgehead atoms. The van der Waals surface area contributed by atoms with E-state index in [9.17, 15) is 9.59 Å². The molecule has 1 amide bonds. The van der Waals surface area contributed by atoms with E-state index in [0.717, 1.165) is 17.7 Å². The first kappa shape index (κ1) is 16.6. The van der Waals surface area contributed by atoms with Gasteiger partial charge in [-0.3, -0.25) is 4.79 Å². The number of unbranched alkanes of at least 4 members (excludes halogenated alkanes) is 1. The van der Waals surface area contributed by atoms with Crippen LogP contribution in [0.25, 0.3) is 0 Å². The maximum absolute atomic E-state index is 11.8. The first-order valence-corrected chi connectivity index (χ1v) is 7.73. The summed E-state index contributed by atoms with van der Waals surface area (Å²) < 4.78 is 0. The summed E-state index contributed by atoms with van der Waals surface area (Å²) in [4.78, 5) is 23.8. The van der Waals surface area contributed by atoms with Gasteiger partial charge in [0.2, 0.25) is 5.91 Å². The molecule has 2 N–H and O–H groups in total. The number of aryl methyl sites for hydroxylation is 1. The molecule has 0 aliphatic carbocycles. The molecule has 0 aliphatic rings. The summed E-state index contributed by atoms with van der Waals surface area (Å²) in [5, 5.41) is 11.6. The average Bonchev–Trinajstić information content (AvgIpc) is 2.42. The van der Waals surface area contributed by atoms with E-state index in [1.165, 1.54) is 17.3 Å². The van der Waals surface area contributed by atoms with Crippen molar-refractivity contribution in [2.24, 2.45) is 0 Å². The van der Waals surface area contributed by atoms with Crippen LogP contribution >= 0.6 is 11.8 Å². The molecule has 0 aromatic heterocycles. The number of carboxylic acids is 1. The van der Waals surface area contributed by atoms with Crippen molar-refractivity contribution < 1.29 is 14.7 Å². The Morgan fingerprint density at radius 2 is 1.95 bits per heavy atom. The predicted octanol–water partition coefficient (Wildman–Crippen LogP) is 2.85. The number of amides is 1.